The minimum Gasteiger partial charge on any atom is -0.297 e. The van der Waals surface area contributed by atoms with Crippen LogP contribution in [0.15, 0.2) is 23.5 Å². The number of nitrogens with zero attached hydrogens (tertiary/aromatic N) is 4. The molecule has 0 unspecified atom stereocenters. The van der Waals surface area contributed by atoms with Gasteiger partial charge >= 0.3 is 0 Å². The van der Waals surface area contributed by atoms with Crippen LogP contribution in [0.2, 0.25) is 0 Å². The fourth-order valence-corrected chi connectivity index (χ4v) is 2.82. The predicted octanol–water partition coefficient (Wildman–Crippen LogP) is 2.23. The van der Waals surface area contributed by atoms with Gasteiger partial charge in [-0.25, -0.2) is 8.42 Å². The van der Waals surface area contributed by atoms with Crippen LogP contribution in [0.5, 0.6) is 0 Å². The molecule has 2 aromatic rings. The van der Waals surface area contributed by atoms with Crippen LogP contribution in [-0.4, -0.2) is 28.2 Å². The average molecular weight is 315 g/mol. The van der Waals surface area contributed by atoms with Gasteiger partial charge in [-0.15, -0.1) is 10.2 Å². The van der Waals surface area contributed by atoms with Crippen LogP contribution < -0.4 is 0 Å². The van der Waals surface area contributed by atoms with Crippen molar-refractivity contribution in [2.45, 2.75) is 32.5 Å². The van der Waals surface area contributed by atoms with E-state index in [0.717, 1.165) is 11.3 Å². The molecule has 0 saturated carbocycles. The second kappa shape index (κ2) is 5.49. The fraction of sp³-hybridized carbons (Fsp3) is 0.417. The van der Waals surface area contributed by atoms with Gasteiger partial charge in [0.15, 0.2) is 5.82 Å². The molecule has 0 atom stereocenters. The molecule has 2 rings (SSSR count). The molecule has 0 aromatic carbocycles. The van der Waals surface area contributed by atoms with E-state index in [1.807, 2.05) is 26.8 Å². The molecule has 0 aliphatic heterocycles. The molecule has 0 aliphatic rings. The summed E-state index contributed by atoms with van der Waals surface area (Å²) >= 11 is 0. The van der Waals surface area contributed by atoms with Gasteiger partial charge in [-0.3, -0.25) is 9.55 Å². The van der Waals surface area contributed by atoms with Crippen molar-refractivity contribution in [2.24, 2.45) is 5.92 Å². The molecule has 0 bridgehead atoms. The molecular weight excluding hydrogens is 300 g/mol. The van der Waals surface area contributed by atoms with Crippen molar-refractivity contribution in [1.82, 2.24) is 19.7 Å². The molecule has 108 valence electrons. The summed E-state index contributed by atoms with van der Waals surface area (Å²) in [4.78, 5) is 4.18. The summed E-state index contributed by atoms with van der Waals surface area (Å²) in [6.07, 6.45) is 1.67. The van der Waals surface area contributed by atoms with E-state index in [4.69, 9.17) is 10.7 Å². The predicted molar refractivity (Wildman–Crippen MR) is 75.9 cm³/mol. The molecule has 0 aliphatic carbocycles. The van der Waals surface area contributed by atoms with Crippen molar-refractivity contribution < 1.29 is 8.42 Å². The molecule has 20 heavy (non-hydrogen) atoms. The van der Waals surface area contributed by atoms with Crippen LogP contribution in [0.25, 0.3) is 11.4 Å². The molecule has 0 amide bonds. The molecule has 2 heterocycles. The Balaban J connectivity index is 2.66. The lowest BCUT2D eigenvalue weighted by atomic mass is 10.2. The number of pyridine rings is 1. The summed E-state index contributed by atoms with van der Waals surface area (Å²) in [6.45, 7) is 6.24. The van der Waals surface area contributed by atoms with Gasteiger partial charge in [-0.1, -0.05) is 13.8 Å². The van der Waals surface area contributed by atoms with Crippen LogP contribution in [0.4, 0.5) is 0 Å². The Morgan fingerprint density at radius 3 is 2.60 bits per heavy atom. The molecule has 6 nitrogen and oxygen atoms in total. The quantitative estimate of drug-likeness (QED) is 0.809. The van der Waals surface area contributed by atoms with Gasteiger partial charge in [0.1, 0.15) is 0 Å². The van der Waals surface area contributed by atoms with Crippen molar-refractivity contribution in [3.05, 3.63) is 24.0 Å². The van der Waals surface area contributed by atoms with E-state index in [9.17, 15) is 8.42 Å². The first-order valence-electron chi connectivity index (χ1n) is 6.10. The average Bonchev–Trinajstić information content (AvgIpc) is 2.72. The van der Waals surface area contributed by atoms with Gasteiger partial charge in [0.2, 0.25) is 0 Å². The summed E-state index contributed by atoms with van der Waals surface area (Å²) in [7, 11) is 1.48. The highest BCUT2D eigenvalue weighted by atomic mass is 35.7. The SMILES string of the molecule is Cc1ncccc1-c1nnc(S(=O)(=O)Cl)n1CC(C)C. The molecule has 2 aromatic heterocycles. The molecule has 0 N–H and O–H groups in total. The monoisotopic (exact) mass is 314 g/mol. The topological polar surface area (TPSA) is 77.7 Å². The summed E-state index contributed by atoms with van der Waals surface area (Å²) in [5, 5.41) is 7.47. The van der Waals surface area contributed by atoms with E-state index in [2.05, 4.69) is 15.2 Å². The Kier molecular flexibility index (Phi) is 4.10. The molecule has 8 heteroatoms. The second-order valence-electron chi connectivity index (χ2n) is 4.88. The van der Waals surface area contributed by atoms with E-state index in [1.54, 1.807) is 12.3 Å². The molecule has 0 fully saturated rings. The Morgan fingerprint density at radius 1 is 1.35 bits per heavy atom. The Labute approximate surface area is 122 Å². The molecule has 0 saturated heterocycles. The lowest BCUT2D eigenvalue weighted by Crippen LogP contribution is -2.12. The van der Waals surface area contributed by atoms with Crippen LogP contribution in [0.1, 0.15) is 19.5 Å². The van der Waals surface area contributed by atoms with E-state index in [-0.39, 0.29) is 11.1 Å². The van der Waals surface area contributed by atoms with Crippen molar-refractivity contribution >= 4 is 19.7 Å². The minimum atomic E-state index is -3.94. The van der Waals surface area contributed by atoms with Gasteiger partial charge in [0.25, 0.3) is 14.2 Å². The van der Waals surface area contributed by atoms with Crippen LogP contribution in [-0.2, 0) is 15.6 Å². The maximum atomic E-state index is 11.6. The van der Waals surface area contributed by atoms with Crippen LogP contribution >= 0.6 is 10.7 Å². The second-order valence-corrected chi connectivity index (χ2v) is 7.34. The smallest absolute Gasteiger partial charge is 0.296 e. The number of hydrogen-bond donors (Lipinski definition) is 0. The Hall–Kier alpha value is -1.47. The Morgan fingerprint density at radius 2 is 2.05 bits per heavy atom. The summed E-state index contributed by atoms with van der Waals surface area (Å²) in [5.74, 6) is 0.683. The van der Waals surface area contributed by atoms with E-state index in [0.29, 0.717) is 12.4 Å². The zero-order valence-electron chi connectivity index (χ0n) is 11.4. The van der Waals surface area contributed by atoms with E-state index in [1.165, 1.54) is 4.57 Å². The zero-order chi connectivity index (χ0) is 14.9. The third-order valence-electron chi connectivity index (χ3n) is 2.73. The third kappa shape index (κ3) is 2.99. The first-order valence-corrected chi connectivity index (χ1v) is 8.41. The minimum absolute atomic E-state index is 0.221. The van der Waals surface area contributed by atoms with Crippen molar-refractivity contribution in [1.29, 1.82) is 0 Å². The zero-order valence-corrected chi connectivity index (χ0v) is 13.0. The van der Waals surface area contributed by atoms with Gasteiger partial charge in [-0.2, -0.15) is 0 Å². The standard InChI is InChI=1S/C12H15ClN4O2S/c1-8(2)7-17-11(10-5-4-6-14-9(10)3)15-16-12(17)20(13,18)19/h4-6,8H,7H2,1-3H3. The fourth-order valence-electron chi connectivity index (χ4n) is 1.92. The van der Waals surface area contributed by atoms with Gasteiger partial charge in [0, 0.05) is 34.7 Å². The van der Waals surface area contributed by atoms with E-state index < -0.39 is 9.05 Å². The maximum Gasteiger partial charge on any atom is 0.296 e. The van der Waals surface area contributed by atoms with Crippen LogP contribution in [0, 0.1) is 12.8 Å². The number of halogens is 1. The highest BCUT2D eigenvalue weighted by Gasteiger charge is 2.24. The third-order valence-corrected chi connectivity index (χ3v) is 3.88. The normalized spacial score (nSPS) is 12.1. The lowest BCUT2D eigenvalue weighted by Gasteiger charge is -2.12. The summed E-state index contributed by atoms with van der Waals surface area (Å²) < 4.78 is 24.7. The number of rotatable bonds is 4. The van der Waals surface area contributed by atoms with Gasteiger partial charge in [0.05, 0.1) is 0 Å². The molecule has 0 radical (unpaired) electrons. The van der Waals surface area contributed by atoms with Crippen molar-refractivity contribution in [3.8, 4) is 11.4 Å². The largest absolute Gasteiger partial charge is 0.297 e. The highest BCUT2D eigenvalue weighted by Crippen LogP contribution is 2.25. The van der Waals surface area contributed by atoms with Gasteiger partial charge < -0.3 is 0 Å². The van der Waals surface area contributed by atoms with Gasteiger partial charge in [-0.05, 0) is 25.0 Å². The maximum absolute atomic E-state index is 11.6. The van der Waals surface area contributed by atoms with Crippen molar-refractivity contribution in [2.75, 3.05) is 0 Å². The van der Waals surface area contributed by atoms with Crippen LogP contribution in [0.3, 0.4) is 0 Å². The van der Waals surface area contributed by atoms with E-state index >= 15 is 0 Å². The highest BCUT2D eigenvalue weighted by molar-refractivity contribution is 8.13. The molecular formula is C12H15ClN4O2S. The summed E-state index contributed by atoms with van der Waals surface area (Å²) in [6, 6.07) is 3.60. The first kappa shape index (κ1) is 14.9. The van der Waals surface area contributed by atoms with Crippen molar-refractivity contribution in [3.63, 3.8) is 0 Å². The molecule has 0 spiro atoms. The summed E-state index contributed by atoms with van der Waals surface area (Å²) in [5.41, 5.74) is 1.50. The number of aromatic nitrogens is 4. The number of hydrogen-bond acceptors (Lipinski definition) is 5. The number of aryl methyl sites for hydroxylation is 1. The lowest BCUT2D eigenvalue weighted by molar-refractivity contribution is 0.488. The first-order chi connectivity index (χ1) is 9.30. The Bertz CT molecular complexity index is 725.